The van der Waals surface area contributed by atoms with Gasteiger partial charge in [-0.2, -0.15) is 0 Å². The van der Waals surface area contributed by atoms with Gasteiger partial charge in [-0.1, -0.05) is 6.07 Å². The van der Waals surface area contributed by atoms with Crippen LogP contribution in [0.2, 0.25) is 0 Å². The van der Waals surface area contributed by atoms with Crippen LogP contribution in [0, 0.1) is 6.92 Å². The first-order chi connectivity index (χ1) is 6.77. The van der Waals surface area contributed by atoms with E-state index in [0.717, 1.165) is 37.2 Å². The maximum absolute atomic E-state index is 11.4. The highest BCUT2D eigenvalue weighted by Crippen LogP contribution is 2.22. The van der Waals surface area contributed by atoms with Crippen molar-refractivity contribution in [2.45, 2.75) is 25.7 Å². The summed E-state index contributed by atoms with van der Waals surface area (Å²) in [6.07, 6.45) is 2.25. The average molecular weight is 192 g/mol. The molecule has 1 aromatic heterocycles. The van der Waals surface area contributed by atoms with Crippen LogP contribution < -0.4 is 10.9 Å². The number of piperidine rings is 1. The molecule has 1 aromatic rings. The number of rotatable bonds is 1. The quantitative estimate of drug-likeness (QED) is 0.701. The second kappa shape index (κ2) is 3.96. The van der Waals surface area contributed by atoms with Gasteiger partial charge >= 0.3 is 0 Å². The molecular weight excluding hydrogens is 176 g/mol. The smallest absolute Gasteiger partial charge is 0.251 e. The predicted octanol–water partition coefficient (Wildman–Crippen LogP) is 1.15. The molecule has 76 valence electrons. The molecule has 2 N–H and O–H groups in total. The van der Waals surface area contributed by atoms with Gasteiger partial charge in [0.25, 0.3) is 5.56 Å². The highest BCUT2D eigenvalue weighted by atomic mass is 16.1. The molecule has 1 saturated heterocycles. The van der Waals surface area contributed by atoms with E-state index in [1.807, 2.05) is 19.1 Å². The average Bonchev–Trinajstić information content (AvgIpc) is 2.23. The molecule has 3 heteroatoms. The summed E-state index contributed by atoms with van der Waals surface area (Å²) in [5.41, 5.74) is 1.95. The summed E-state index contributed by atoms with van der Waals surface area (Å²) in [4.78, 5) is 14.4. The second-order valence-corrected chi connectivity index (χ2v) is 3.95. The van der Waals surface area contributed by atoms with E-state index in [4.69, 9.17) is 0 Å². The van der Waals surface area contributed by atoms with Crippen LogP contribution in [0.15, 0.2) is 16.9 Å². The van der Waals surface area contributed by atoms with Gasteiger partial charge in [0.1, 0.15) is 0 Å². The molecule has 0 atom stereocenters. The molecule has 1 aliphatic heterocycles. The highest BCUT2D eigenvalue weighted by molar-refractivity contribution is 5.16. The third-order valence-corrected chi connectivity index (χ3v) is 2.91. The van der Waals surface area contributed by atoms with E-state index in [0.29, 0.717) is 5.92 Å². The molecule has 14 heavy (non-hydrogen) atoms. The largest absolute Gasteiger partial charge is 0.326 e. The summed E-state index contributed by atoms with van der Waals surface area (Å²) in [6, 6.07) is 3.96. The molecule has 0 aliphatic carbocycles. The predicted molar refractivity (Wildman–Crippen MR) is 56.6 cm³/mol. The molecule has 0 aromatic carbocycles. The molecule has 0 unspecified atom stereocenters. The van der Waals surface area contributed by atoms with Gasteiger partial charge < -0.3 is 10.3 Å². The van der Waals surface area contributed by atoms with E-state index in [9.17, 15) is 4.79 Å². The Morgan fingerprint density at radius 1 is 1.29 bits per heavy atom. The van der Waals surface area contributed by atoms with E-state index in [1.54, 1.807) is 0 Å². The Labute approximate surface area is 83.5 Å². The second-order valence-electron chi connectivity index (χ2n) is 3.95. The normalized spacial score (nSPS) is 18.4. The fourth-order valence-corrected chi connectivity index (χ4v) is 1.93. The van der Waals surface area contributed by atoms with Crippen molar-refractivity contribution in [1.82, 2.24) is 10.3 Å². The van der Waals surface area contributed by atoms with Crippen LogP contribution in [-0.2, 0) is 0 Å². The third kappa shape index (κ3) is 1.87. The van der Waals surface area contributed by atoms with Gasteiger partial charge in [0.2, 0.25) is 0 Å². The minimum Gasteiger partial charge on any atom is -0.326 e. The van der Waals surface area contributed by atoms with Crippen LogP contribution >= 0.6 is 0 Å². The molecule has 0 radical (unpaired) electrons. The Morgan fingerprint density at radius 3 is 2.64 bits per heavy atom. The first kappa shape index (κ1) is 9.46. The van der Waals surface area contributed by atoms with Crippen molar-refractivity contribution in [2.24, 2.45) is 0 Å². The van der Waals surface area contributed by atoms with E-state index in [2.05, 4.69) is 10.3 Å². The molecular formula is C11H16N2O. The zero-order chi connectivity index (χ0) is 9.97. The Morgan fingerprint density at radius 2 is 2.00 bits per heavy atom. The monoisotopic (exact) mass is 192 g/mol. The maximum atomic E-state index is 11.4. The Kier molecular flexibility index (Phi) is 2.68. The first-order valence-corrected chi connectivity index (χ1v) is 5.18. The molecule has 1 aliphatic rings. The number of pyridine rings is 1. The van der Waals surface area contributed by atoms with Crippen LogP contribution in [0.3, 0.4) is 0 Å². The Bertz CT molecular complexity index is 364. The number of hydrogen-bond donors (Lipinski definition) is 2. The zero-order valence-electron chi connectivity index (χ0n) is 8.47. The minimum atomic E-state index is 0.0565. The lowest BCUT2D eigenvalue weighted by Gasteiger charge is -2.22. The number of aryl methyl sites for hydroxylation is 1. The topological polar surface area (TPSA) is 44.9 Å². The highest BCUT2D eigenvalue weighted by Gasteiger charge is 2.15. The van der Waals surface area contributed by atoms with Gasteiger partial charge in [-0.25, -0.2) is 0 Å². The van der Waals surface area contributed by atoms with Crippen molar-refractivity contribution in [1.29, 1.82) is 0 Å². The Hall–Kier alpha value is -1.09. The molecule has 0 saturated carbocycles. The van der Waals surface area contributed by atoms with Crippen molar-refractivity contribution in [3.63, 3.8) is 0 Å². The summed E-state index contributed by atoms with van der Waals surface area (Å²) in [5.74, 6) is 0.532. The number of aromatic nitrogens is 1. The van der Waals surface area contributed by atoms with Crippen molar-refractivity contribution in [2.75, 3.05) is 13.1 Å². The first-order valence-electron chi connectivity index (χ1n) is 5.18. The number of nitrogens with one attached hydrogen (secondary N) is 2. The van der Waals surface area contributed by atoms with Gasteiger partial charge in [0, 0.05) is 17.2 Å². The van der Waals surface area contributed by atoms with Gasteiger partial charge in [-0.3, -0.25) is 4.79 Å². The Balaban J connectivity index is 2.23. The van der Waals surface area contributed by atoms with Crippen molar-refractivity contribution in [3.05, 3.63) is 33.7 Å². The van der Waals surface area contributed by atoms with Crippen molar-refractivity contribution in [3.8, 4) is 0 Å². The summed E-state index contributed by atoms with van der Waals surface area (Å²) >= 11 is 0. The van der Waals surface area contributed by atoms with Crippen molar-refractivity contribution < 1.29 is 0 Å². The van der Waals surface area contributed by atoms with E-state index in [1.165, 1.54) is 0 Å². The summed E-state index contributed by atoms with van der Waals surface area (Å²) in [6.45, 7) is 3.95. The number of aromatic amines is 1. The van der Waals surface area contributed by atoms with E-state index >= 15 is 0 Å². The number of hydrogen-bond acceptors (Lipinski definition) is 2. The van der Waals surface area contributed by atoms with Gasteiger partial charge in [0.05, 0.1) is 0 Å². The fraction of sp³-hybridized carbons (Fsp3) is 0.545. The van der Waals surface area contributed by atoms with Crippen LogP contribution in [0.4, 0.5) is 0 Å². The van der Waals surface area contributed by atoms with E-state index < -0.39 is 0 Å². The maximum Gasteiger partial charge on any atom is 0.251 e. The lowest BCUT2D eigenvalue weighted by atomic mass is 9.94. The summed E-state index contributed by atoms with van der Waals surface area (Å²) in [5, 5.41) is 3.32. The fourth-order valence-electron chi connectivity index (χ4n) is 1.93. The SMILES string of the molecule is Cc1ccc(C2CCNCC2)[nH]c1=O. The molecule has 3 nitrogen and oxygen atoms in total. The summed E-state index contributed by atoms with van der Waals surface area (Å²) < 4.78 is 0. The van der Waals surface area contributed by atoms with Crippen LogP contribution in [0.1, 0.15) is 30.0 Å². The van der Waals surface area contributed by atoms with Crippen LogP contribution in [-0.4, -0.2) is 18.1 Å². The number of H-pyrrole nitrogens is 1. The lowest BCUT2D eigenvalue weighted by Crippen LogP contribution is -2.28. The third-order valence-electron chi connectivity index (χ3n) is 2.91. The molecule has 0 bridgehead atoms. The minimum absolute atomic E-state index is 0.0565. The van der Waals surface area contributed by atoms with Gasteiger partial charge in [0.15, 0.2) is 0 Å². The molecule has 2 rings (SSSR count). The summed E-state index contributed by atoms with van der Waals surface area (Å²) in [7, 11) is 0. The molecule has 0 amide bonds. The molecule has 2 heterocycles. The van der Waals surface area contributed by atoms with Gasteiger partial charge in [-0.05, 0) is 38.9 Å². The van der Waals surface area contributed by atoms with Crippen LogP contribution in [0.5, 0.6) is 0 Å². The standard InChI is InChI=1S/C11H16N2O/c1-8-2-3-10(13-11(8)14)9-4-6-12-7-5-9/h2-3,9,12H,4-7H2,1H3,(H,13,14). The van der Waals surface area contributed by atoms with Gasteiger partial charge in [-0.15, -0.1) is 0 Å². The molecule has 1 fully saturated rings. The van der Waals surface area contributed by atoms with E-state index in [-0.39, 0.29) is 5.56 Å². The lowest BCUT2D eigenvalue weighted by molar-refractivity contribution is 0.452. The molecule has 0 spiro atoms. The van der Waals surface area contributed by atoms with Crippen molar-refractivity contribution >= 4 is 0 Å². The van der Waals surface area contributed by atoms with Crippen LogP contribution in [0.25, 0.3) is 0 Å². The zero-order valence-corrected chi connectivity index (χ0v) is 8.47.